The van der Waals surface area contributed by atoms with Gasteiger partial charge in [0.1, 0.15) is 18.1 Å². The minimum absolute atomic E-state index is 0.0638. The second kappa shape index (κ2) is 8.32. The number of nitrogens with zero attached hydrogens (tertiary/aromatic N) is 1. The molecule has 1 amide bonds. The van der Waals surface area contributed by atoms with Gasteiger partial charge in [0, 0.05) is 13.1 Å². The van der Waals surface area contributed by atoms with Crippen LogP contribution in [0, 0.1) is 0 Å². The maximum atomic E-state index is 11.3. The molecular formula is C15H22N2O3. The molecule has 0 atom stereocenters. The number of Topliss-reactive ketones (excluding diaryl/α,β-unsaturated/α-hetero) is 1. The summed E-state index contributed by atoms with van der Waals surface area (Å²) in [6.07, 6.45) is -0.0638. The van der Waals surface area contributed by atoms with Gasteiger partial charge in [-0.2, -0.15) is 0 Å². The van der Waals surface area contributed by atoms with E-state index >= 15 is 0 Å². The van der Waals surface area contributed by atoms with E-state index < -0.39 is 0 Å². The van der Waals surface area contributed by atoms with Crippen LogP contribution in [0.25, 0.3) is 0 Å². The SMILES string of the molecule is CC(=O)CC(=O)NCc1ccc(OCCN(C)C)cc1. The fourth-order valence-corrected chi connectivity index (χ4v) is 1.54. The molecule has 0 saturated heterocycles. The van der Waals surface area contributed by atoms with Crippen LogP contribution in [0.5, 0.6) is 5.75 Å². The number of amides is 1. The molecule has 0 unspecified atom stereocenters. The minimum Gasteiger partial charge on any atom is -0.492 e. The average Bonchev–Trinajstić information content (AvgIpc) is 2.36. The van der Waals surface area contributed by atoms with E-state index in [1.807, 2.05) is 38.4 Å². The van der Waals surface area contributed by atoms with Crippen LogP contribution in [0.15, 0.2) is 24.3 Å². The molecule has 0 radical (unpaired) electrons. The van der Waals surface area contributed by atoms with Crippen molar-refractivity contribution >= 4 is 11.7 Å². The number of ketones is 1. The molecule has 0 bridgehead atoms. The summed E-state index contributed by atoms with van der Waals surface area (Å²) in [5, 5.41) is 2.70. The monoisotopic (exact) mass is 278 g/mol. The van der Waals surface area contributed by atoms with Crippen LogP contribution >= 0.6 is 0 Å². The summed E-state index contributed by atoms with van der Waals surface area (Å²) in [6.45, 7) is 3.33. The number of hydrogen-bond donors (Lipinski definition) is 1. The second-order valence-electron chi connectivity index (χ2n) is 4.95. The highest BCUT2D eigenvalue weighted by Gasteiger charge is 2.04. The van der Waals surface area contributed by atoms with Crippen LogP contribution in [0.2, 0.25) is 0 Å². The first kappa shape index (κ1) is 16.2. The van der Waals surface area contributed by atoms with Gasteiger partial charge in [-0.05, 0) is 38.7 Å². The first-order chi connectivity index (χ1) is 9.47. The van der Waals surface area contributed by atoms with Crippen LogP contribution < -0.4 is 10.1 Å². The summed E-state index contributed by atoms with van der Waals surface area (Å²) < 4.78 is 5.58. The molecule has 0 aromatic heterocycles. The molecule has 0 aliphatic heterocycles. The Labute approximate surface area is 119 Å². The number of nitrogens with one attached hydrogen (secondary N) is 1. The van der Waals surface area contributed by atoms with E-state index in [9.17, 15) is 9.59 Å². The lowest BCUT2D eigenvalue weighted by Crippen LogP contribution is -2.24. The molecule has 0 saturated carbocycles. The van der Waals surface area contributed by atoms with Crippen molar-refractivity contribution in [2.24, 2.45) is 0 Å². The average molecular weight is 278 g/mol. The zero-order valence-electron chi connectivity index (χ0n) is 12.3. The van der Waals surface area contributed by atoms with Crippen LogP contribution in [0.1, 0.15) is 18.9 Å². The van der Waals surface area contributed by atoms with Gasteiger partial charge in [0.15, 0.2) is 0 Å². The molecule has 110 valence electrons. The quantitative estimate of drug-likeness (QED) is 0.726. The lowest BCUT2D eigenvalue weighted by atomic mass is 10.2. The predicted octanol–water partition coefficient (Wildman–Crippen LogP) is 1.22. The largest absolute Gasteiger partial charge is 0.492 e. The van der Waals surface area contributed by atoms with E-state index in [0.717, 1.165) is 17.9 Å². The Morgan fingerprint density at radius 3 is 2.40 bits per heavy atom. The number of ether oxygens (including phenoxy) is 1. The third kappa shape index (κ3) is 6.89. The van der Waals surface area contributed by atoms with Crippen molar-refractivity contribution in [2.45, 2.75) is 19.9 Å². The van der Waals surface area contributed by atoms with Gasteiger partial charge in [0.2, 0.25) is 5.91 Å². The first-order valence-corrected chi connectivity index (χ1v) is 6.60. The highest BCUT2D eigenvalue weighted by molar-refractivity contribution is 5.96. The van der Waals surface area contributed by atoms with E-state index in [1.54, 1.807) is 0 Å². The number of rotatable bonds is 8. The molecule has 20 heavy (non-hydrogen) atoms. The molecule has 0 aliphatic carbocycles. The van der Waals surface area contributed by atoms with Crippen molar-refractivity contribution in [1.82, 2.24) is 10.2 Å². The molecule has 0 spiro atoms. The Morgan fingerprint density at radius 2 is 1.85 bits per heavy atom. The highest BCUT2D eigenvalue weighted by Crippen LogP contribution is 2.12. The molecule has 0 heterocycles. The Morgan fingerprint density at radius 1 is 1.20 bits per heavy atom. The van der Waals surface area contributed by atoms with Crippen molar-refractivity contribution in [3.05, 3.63) is 29.8 Å². The van der Waals surface area contributed by atoms with Gasteiger partial charge in [-0.25, -0.2) is 0 Å². The number of likely N-dealkylation sites (N-methyl/N-ethyl adjacent to an activating group) is 1. The third-order valence-electron chi connectivity index (χ3n) is 2.63. The smallest absolute Gasteiger partial charge is 0.227 e. The Balaban J connectivity index is 2.35. The maximum absolute atomic E-state index is 11.3. The number of carbonyl (C=O) groups excluding carboxylic acids is 2. The fraction of sp³-hybridized carbons (Fsp3) is 0.467. The van der Waals surface area contributed by atoms with Crippen molar-refractivity contribution in [1.29, 1.82) is 0 Å². The van der Waals surface area contributed by atoms with Crippen molar-refractivity contribution < 1.29 is 14.3 Å². The zero-order chi connectivity index (χ0) is 15.0. The van der Waals surface area contributed by atoms with Crippen molar-refractivity contribution in [3.63, 3.8) is 0 Å². The van der Waals surface area contributed by atoms with Gasteiger partial charge in [0.25, 0.3) is 0 Å². The standard InChI is InChI=1S/C15H22N2O3/c1-12(18)10-15(19)16-11-13-4-6-14(7-5-13)20-9-8-17(2)3/h4-7H,8-11H2,1-3H3,(H,16,19). The summed E-state index contributed by atoms with van der Waals surface area (Å²) in [4.78, 5) is 24.2. The van der Waals surface area contributed by atoms with Crippen molar-refractivity contribution in [3.8, 4) is 5.75 Å². The van der Waals surface area contributed by atoms with Gasteiger partial charge in [-0.1, -0.05) is 12.1 Å². The summed E-state index contributed by atoms with van der Waals surface area (Å²) in [6, 6.07) is 7.56. The van der Waals surface area contributed by atoms with Gasteiger partial charge in [0.05, 0.1) is 6.42 Å². The molecule has 5 nitrogen and oxygen atoms in total. The van der Waals surface area contributed by atoms with E-state index in [1.165, 1.54) is 6.92 Å². The molecule has 1 aromatic rings. The van der Waals surface area contributed by atoms with E-state index in [0.29, 0.717) is 13.2 Å². The molecule has 0 fully saturated rings. The summed E-state index contributed by atoms with van der Waals surface area (Å²) in [7, 11) is 3.99. The van der Waals surface area contributed by atoms with Gasteiger partial charge >= 0.3 is 0 Å². The molecule has 1 N–H and O–H groups in total. The minimum atomic E-state index is -0.246. The lowest BCUT2D eigenvalue weighted by molar-refractivity contribution is -0.127. The van der Waals surface area contributed by atoms with Crippen LogP contribution in [-0.4, -0.2) is 43.8 Å². The molecule has 1 aromatic carbocycles. The molecular weight excluding hydrogens is 256 g/mol. The zero-order valence-corrected chi connectivity index (χ0v) is 12.3. The summed E-state index contributed by atoms with van der Waals surface area (Å²) in [5.41, 5.74) is 0.974. The number of benzene rings is 1. The topological polar surface area (TPSA) is 58.6 Å². The fourth-order valence-electron chi connectivity index (χ4n) is 1.54. The van der Waals surface area contributed by atoms with Crippen LogP contribution in [-0.2, 0) is 16.1 Å². The van der Waals surface area contributed by atoms with Crippen molar-refractivity contribution in [2.75, 3.05) is 27.2 Å². The predicted molar refractivity (Wildman–Crippen MR) is 77.6 cm³/mol. The van der Waals surface area contributed by atoms with E-state index in [4.69, 9.17) is 4.74 Å². The number of hydrogen-bond acceptors (Lipinski definition) is 4. The first-order valence-electron chi connectivity index (χ1n) is 6.60. The third-order valence-corrected chi connectivity index (χ3v) is 2.63. The van der Waals surface area contributed by atoms with Crippen LogP contribution in [0.4, 0.5) is 0 Å². The van der Waals surface area contributed by atoms with Gasteiger partial charge in [-0.3, -0.25) is 9.59 Å². The van der Waals surface area contributed by atoms with Crippen LogP contribution in [0.3, 0.4) is 0 Å². The maximum Gasteiger partial charge on any atom is 0.227 e. The molecule has 1 rings (SSSR count). The highest BCUT2D eigenvalue weighted by atomic mass is 16.5. The Hall–Kier alpha value is -1.88. The normalized spacial score (nSPS) is 10.4. The van der Waals surface area contributed by atoms with Gasteiger partial charge in [-0.15, -0.1) is 0 Å². The summed E-state index contributed by atoms with van der Waals surface area (Å²) in [5.74, 6) is 0.432. The van der Waals surface area contributed by atoms with E-state index in [2.05, 4.69) is 10.2 Å². The Kier molecular flexibility index (Phi) is 6.73. The lowest BCUT2D eigenvalue weighted by Gasteiger charge is -2.11. The number of carbonyl (C=O) groups is 2. The second-order valence-corrected chi connectivity index (χ2v) is 4.95. The van der Waals surface area contributed by atoms with Gasteiger partial charge < -0.3 is 15.0 Å². The molecule has 0 aliphatic rings. The summed E-state index contributed by atoms with van der Waals surface area (Å²) >= 11 is 0. The van der Waals surface area contributed by atoms with E-state index in [-0.39, 0.29) is 18.1 Å². The molecule has 5 heteroatoms. The Bertz CT molecular complexity index is 441.